The third-order valence-corrected chi connectivity index (χ3v) is 6.03. The number of nitrogens with two attached hydrogens (primary N) is 1. The number of nitrogens with one attached hydrogen (secondary N) is 1. The number of hydrogen-bond acceptors (Lipinski definition) is 4. The number of benzene rings is 1. The number of carbonyl (C=O) groups excluding carboxylic acids is 2. The molecule has 3 rings (SSSR count). The van der Waals surface area contributed by atoms with Crippen LogP contribution in [0.25, 0.3) is 0 Å². The van der Waals surface area contributed by atoms with E-state index < -0.39 is 5.91 Å². The molecule has 0 aliphatic heterocycles. The molecule has 27 heavy (non-hydrogen) atoms. The normalized spacial score (nSPS) is 13.1. The van der Waals surface area contributed by atoms with Gasteiger partial charge < -0.3 is 15.8 Å². The van der Waals surface area contributed by atoms with Gasteiger partial charge in [-0.05, 0) is 68.7 Å². The van der Waals surface area contributed by atoms with Gasteiger partial charge in [-0.1, -0.05) is 12.1 Å². The first-order valence-corrected chi connectivity index (χ1v) is 10.2. The molecular weight excluding hydrogens is 360 g/mol. The zero-order valence-electron chi connectivity index (χ0n) is 15.9. The molecule has 1 heterocycles. The van der Waals surface area contributed by atoms with Crippen LogP contribution >= 0.6 is 11.3 Å². The molecular formula is C21H26N2O3S. The fraction of sp³-hybridized carbons (Fsp3) is 0.429. The van der Waals surface area contributed by atoms with Crippen LogP contribution in [0.1, 0.15) is 57.6 Å². The van der Waals surface area contributed by atoms with Crippen molar-refractivity contribution in [3.05, 3.63) is 45.3 Å². The van der Waals surface area contributed by atoms with Gasteiger partial charge in [0.1, 0.15) is 10.8 Å². The molecule has 0 radical (unpaired) electrons. The number of thiophene rings is 1. The standard InChI is InChI=1S/C21H26N2O3S/c1-13-9-10-14(2)16(12-13)26-11-5-8-18(24)23-21-19(20(22)25)15-6-3-4-7-17(15)27-21/h9-10,12H,3-8,11H2,1-2H3,(H2,22,25)(H,23,24). The predicted molar refractivity (Wildman–Crippen MR) is 109 cm³/mol. The van der Waals surface area contributed by atoms with E-state index in [9.17, 15) is 9.59 Å². The van der Waals surface area contributed by atoms with E-state index in [4.69, 9.17) is 10.5 Å². The van der Waals surface area contributed by atoms with Crippen molar-refractivity contribution >= 4 is 28.2 Å². The molecule has 144 valence electrons. The molecule has 2 aromatic rings. The fourth-order valence-electron chi connectivity index (χ4n) is 3.38. The predicted octanol–water partition coefficient (Wildman–Crippen LogP) is 4.14. The van der Waals surface area contributed by atoms with Crippen LogP contribution in [-0.4, -0.2) is 18.4 Å². The number of hydrogen-bond donors (Lipinski definition) is 2. The van der Waals surface area contributed by atoms with Gasteiger partial charge in [0.15, 0.2) is 0 Å². The van der Waals surface area contributed by atoms with Crippen molar-refractivity contribution in [1.82, 2.24) is 0 Å². The third-order valence-electron chi connectivity index (χ3n) is 4.82. The summed E-state index contributed by atoms with van der Waals surface area (Å²) in [6.07, 6.45) is 4.95. The number of amides is 2. The van der Waals surface area contributed by atoms with E-state index in [1.807, 2.05) is 32.0 Å². The van der Waals surface area contributed by atoms with E-state index >= 15 is 0 Å². The van der Waals surface area contributed by atoms with Crippen molar-refractivity contribution in [1.29, 1.82) is 0 Å². The largest absolute Gasteiger partial charge is 0.493 e. The molecule has 0 unspecified atom stereocenters. The molecule has 0 saturated heterocycles. The van der Waals surface area contributed by atoms with Crippen LogP contribution in [0, 0.1) is 13.8 Å². The number of aryl methyl sites for hydroxylation is 3. The first kappa shape index (κ1) is 19.4. The summed E-state index contributed by atoms with van der Waals surface area (Å²) in [6, 6.07) is 6.08. The van der Waals surface area contributed by atoms with Gasteiger partial charge in [0.2, 0.25) is 5.91 Å². The molecule has 1 aromatic heterocycles. The number of fused-ring (bicyclic) bond motifs is 1. The summed E-state index contributed by atoms with van der Waals surface area (Å²) >= 11 is 1.49. The molecule has 0 fully saturated rings. The van der Waals surface area contributed by atoms with Crippen molar-refractivity contribution in [2.75, 3.05) is 11.9 Å². The summed E-state index contributed by atoms with van der Waals surface area (Å²) in [6.45, 7) is 4.50. The molecule has 6 heteroatoms. The Morgan fingerprint density at radius 3 is 2.78 bits per heavy atom. The number of ether oxygens (including phenoxy) is 1. The van der Waals surface area contributed by atoms with Crippen LogP contribution in [0.5, 0.6) is 5.75 Å². The third kappa shape index (κ3) is 4.69. The fourth-order valence-corrected chi connectivity index (χ4v) is 4.69. The van der Waals surface area contributed by atoms with E-state index in [-0.39, 0.29) is 5.91 Å². The van der Waals surface area contributed by atoms with Gasteiger partial charge in [-0.2, -0.15) is 0 Å². The Kier molecular flexibility index (Phi) is 6.16. The van der Waals surface area contributed by atoms with Gasteiger partial charge in [-0.25, -0.2) is 0 Å². The summed E-state index contributed by atoms with van der Waals surface area (Å²) in [5.41, 5.74) is 9.34. The molecule has 1 aliphatic carbocycles. The highest BCUT2D eigenvalue weighted by Gasteiger charge is 2.24. The van der Waals surface area contributed by atoms with Gasteiger partial charge in [0.25, 0.3) is 5.91 Å². The highest BCUT2D eigenvalue weighted by molar-refractivity contribution is 7.17. The second-order valence-electron chi connectivity index (χ2n) is 7.05. The average Bonchev–Trinajstić information content (AvgIpc) is 2.99. The van der Waals surface area contributed by atoms with E-state index in [2.05, 4.69) is 5.32 Å². The number of anilines is 1. The van der Waals surface area contributed by atoms with Gasteiger partial charge in [0, 0.05) is 11.3 Å². The molecule has 3 N–H and O–H groups in total. The summed E-state index contributed by atoms with van der Waals surface area (Å²) in [5, 5.41) is 3.50. The minimum Gasteiger partial charge on any atom is -0.493 e. The molecule has 2 amide bonds. The lowest BCUT2D eigenvalue weighted by Gasteiger charge is -2.11. The van der Waals surface area contributed by atoms with Crippen molar-refractivity contribution in [3.8, 4) is 5.75 Å². The van der Waals surface area contributed by atoms with Gasteiger partial charge >= 0.3 is 0 Å². The second kappa shape index (κ2) is 8.57. The zero-order valence-corrected chi connectivity index (χ0v) is 16.7. The molecule has 1 aliphatic rings. The van der Waals surface area contributed by atoms with E-state index in [0.717, 1.165) is 48.1 Å². The summed E-state index contributed by atoms with van der Waals surface area (Å²) in [5.74, 6) is 0.293. The van der Waals surface area contributed by atoms with E-state index in [1.54, 1.807) is 0 Å². The highest BCUT2D eigenvalue weighted by Crippen LogP contribution is 2.37. The monoisotopic (exact) mass is 386 g/mol. The first-order chi connectivity index (χ1) is 13.0. The van der Waals surface area contributed by atoms with Crippen molar-refractivity contribution in [2.24, 2.45) is 5.73 Å². The Bertz CT molecular complexity index is 857. The molecule has 0 atom stereocenters. The highest BCUT2D eigenvalue weighted by atomic mass is 32.1. The van der Waals surface area contributed by atoms with E-state index in [0.29, 0.717) is 30.0 Å². The molecule has 0 bridgehead atoms. The molecule has 0 spiro atoms. The van der Waals surface area contributed by atoms with Crippen LogP contribution in [-0.2, 0) is 17.6 Å². The summed E-state index contributed by atoms with van der Waals surface area (Å²) in [4.78, 5) is 25.4. The van der Waals surface area contributed by atoms with Crippen LogP contribution in [0.3, 0.4) is 0 Å². The Labute approximate surface area is 163 Å². The second-order valence-corrected chi connectivity index (χ2v) is 8.15. The Balaban J connectivity index is 1.55. The maximum Gasteiger partial charge on any atom is 0.251 e. The van der Waals surface area contributed by atoms with Crippen LogP contribution in [0.15, 0.2) is 18.2 Å². The lowest BCUT2D eigenvalue weighted by Crippen LogP contribution is -2.18. The Morgan fingerprint density at radius 1 is 1.22 bits per heavy atom. The topological polar surface area (TPSA) is 81.4 Å². The summed E-state index contributed by atoms with van der Waals surface area (Å²) in [7, 11) is 0. The van der Waals surface area contributed by atoms with Crippen LogP contribution in [0.2, 0.25) is 0 Å². The SMILES string of the molecule is Cc1ccc(C)c(OCCCC(=O)Nc2sc3c(c2C(N)=O)CCCC3)c1. The number of rotatable bonds is 7. The van der Waals surface area contributed by atoms with Crippen LogP contribution < -0.4 is 15.8 Å². The Hall–Kier alpha value is -2.34. The van der Waals surface area contributed by atoms with Gasteiger partial charge in [-0.3, -0.25) is 9.59 Å². The quantitative estimate of drug-likeness (QED) is 0.702. The van der Waals surface area contributed by atoms with Crippen molar-refractivity contribution in [2.45, 2.75) is 52.4 Å². The lowest BCUT2D eigenvalue weighted by atomic mass is 9.95. The molecule has 0 saturated carbocycles. The number of carbonyl (C=O) groups is 2. The lowest BCUT2D eigenvalue weighted by molar-refractivity contribution is -0.116. The van der Waals surface area contributed by atoms with Crippen LogP contribution in [0.4, 0.5) is 5.00 Å². The minimum absolute atomic E-state index is 0.110. The summed E-state index contributed by atoms with van der Waals surface area (Å²) < 4.78 is 5.79. The Morgan fingerprint density at radius 2 is 2.00 bits per heavy atom. The minimum atomic E-state index is -0.456. The first-order valence-electron chi connectivity index (χ1n) is 9.40. The van der Waals surface area contributed by atoms with Gasteiger partial charge in [0.05, 0.1) is 12.2 Å². The zero-order chi connectivity index (χ0) is 19.4. The van der Waals surface area contributed by atoms with E-state index in [1.165, 1.54) is 16.2 Å². The average molecular weight is 387 g/mol. The maximum atomic E-state index is 12.3. The maximum absolute atomic E-state index is 12.3. The molecule has 5 nitrogen and oxygen atoms in total. The number of primary amides is 1. The molecule has 1 aromatic carbocycles. The van der Waals surface area contributed by atoms with Crippen molar-refractivity contribution in [3.63, 3.8) is 0 Å². The smallest absolute Gasteiger partial charge is 0.251 e. The van der Waals surface area contributed by atoms with Gasteiger partial charge in [-0.15, -0.1) is 11.3 Å². The van der Waals surface area contributed by atoms with Crippen molar-refractivity contribution < 1.29 is 14.3 Å².